The number of amides is 1. The van der Waals surface area contributed by atoms with E-state index in [1.807, 2.05) is 24.6 Å². The van der Waals surface area contributed by atoms with E-state index in [4.69, 9.17) is 4.74 Å². The Hall–Kier alpha value is -2.44. The molecule has 1 unspecified atom stereocenters. The van der Waals surface area contributed by atoms with Crippen molar-refractivity contribution < 1.29 is 18.3 Å². The summed E-state index contributed by atoms with van der Waals surface area (Å²) in [4.78, 5) is 14.1. The Morgan fingerprint density at radius 3 is 2.80 bits per heavy atom. The maximum atomic E-state index is 13.6. The van der Waals surface area contributed by atoms with Crippen LogP contribution < -0.4 is 4.74 Å². The van der Waals surface area contributed by atoms with E-state index in [1.54, 1.807) is 4.90 Å². The summed E-state index contributed by atoms with van der Waals surface area (Å²) in [6, 6.07) is 5.17. The van der Waals surface area contributed by atoms with E-state index in [0.29, 0.717) is 13.1 Å². The van der Waals surface area contributed by atoms with Crippen molar-refractivity contribution in [3.63, 3.8) is 0 Å². The van der Waals surface area contributed by atoms with Crippen LogP contribution in [0.25, 0.3) is 0 Å². The first-order valence-corrected chi connectivity index (χ1v) is 8.32. The van der Waals surface area contributed by atoms with E-state index >= 15 is 0 Å². The highest BCUT2D eigenvalue weighted by molar-refractivity contribution is 5.77. The zero-order chi connectivity index (χ0) is 18.0. The summed E-state index contributed by atoms with van der Waals surface area (Å²) in [5, 5.41) is 4.50. The standard InChI is InChI=1S/C18H21F2N3O2/c1-12-8-13(2)23(21-12)15-4-3-7-22(10-15)18(24)11-25-17-6-5-14(19)9-16(17)20/h5-6,8-9,15H,3-4,7,10-11H2,1-2H3. The molecule has 1 aliphatic heterocycles. The molecule has 7 heteroatoms. The average Bonchev–Trinajstić information content (AvgIpc) is 2.92. The third kappa shape index (κ3) is 3.97. The molecule has 1 amide bonds. The number of rotatable bonds is 4. The second kappa shape index (κ2) is 7.21. The van der Waals surface area contributed by atoms with Crippen LogP contribution in [-0.2, 0) is 4.79 Å². The number of nitrogens with zero attached hydrogens (tertiary/aromatic N) is 3. The van der Waals surface area contributed by atoms with Crippen molar-refractivity contribution in [2.24, 2.45) is 0 Å². The minimum absolute atomic E-state index is 0.123. The van der Waals surface area contributed by atoms with Crippen molar-refractivity contribution in [3.05, 3.63) is 47.3 Å². The van der Waals surface area contributed by atoms with Crippen LogP contribution >= 0.6 is 0 Å². The predicted octanol–water partition coefficient (Wildman–Crippen LogP) is 3.02. The Morgan fingerprint density at radius 1 is 1.32 bits per heavy atom. The third-order valence-electron chi connectivity index (χ3n) is 4.38. The van der Waals surface area contributed by atoms with Gasteiger partial charge in [0, 0.05) is 24.8 Å². The number of likely N-dealkylation sites (tertiary alicyclic amines) is 1. The fraction of sp³-hybridized carbons (Fsp3) is 0.444. The molecule has 5 nitrogen and oxygen atoms in total. The summed E-state index contributed by atoms with van der Waals surface area (Å²) in [6.07, 6.45) is 1.83. The van der Waals surface area contributed by atoms with Gasteiger partial charge in [-0.1, -0.05) is 0 Å². The first-order valence-electron chi connectivity index (χ1n) is 8.32. The number of halogens is 2. The first kappa shape index (κ1) is 17.4. The zero-order valence-corrected chi connectivity index (χ0v) is 14.3. The van der Waals surface area contributed by atoms with E-state index in [2.05, 4.69) is 5.10 Å². The highest BCUT2D eigenvalue weighted by Crippen LogP contribution is 2.23. The Bertz CT molecular complexity index is 776. The number of carbonyl (C=O) groups is 1. The van der Waals surface area contributed by atoms with Gasteiger partial charge in [-0.05, 0) is 44.9 Å². The van der Waals surface area contributed by atoms with E-state index in [1.165, 1.54) is 6.07 Å². The van der Waals surface area contributed by atoms with Gasteiger partial charge in [-0.15, -0.1) is 0 Å². The third-order valence-corrected chi connectivity index (χ3v) is 4.38. The molecule has 0 N–H and O–H groups in total. The van der Waals surface area contributed by atoms with Crippen LogP contribution in [0.3, 0.4) is 0 Å². The van der Waals surface area contributed by atoms with Crippen molar-refractivity contribution >= 4 is 5.91 Å². The number of ether oxygens (including phenoxy) is 1. The Balaban J connectivity index is 1.61. The molecule has 2 heterocycles. The molecule has 0 radical (unpaired) electrons. The molecular weight excluding hydrogens is 328 g/mol. The molecule has 1 atom stereocenters. The van der Waals surface area contributed by atoms with Crippen LogP contribution in [0.1, 0.15) is 30.3 Å². The van der Waals surface area contributed by atoms with Crippen LogP contribution in [0.2, 0.25) is 0 Å². The highest BCUT2D eigenvalue weighted by Gasteiger charge is 2.26. The average molecular weight is 349 g/mol. The zero-order valence-electron chi connectivity index (χ0n) is 14.3. The van der Waals surface area contributed by atoms with Gasteiger partial charge in [-0.3, -0.25) is 9.48 Å². The summed E-state index contributed by atoms with van der Waals surface area (Å²) >= 11 is 0. The van der Waals surface area contributed by atoms with E-state index in [0.717, 1.165) is 36.4 Å². The predicted molar refractivity (Wildman–Crippen MR) is 88.4 cm³/mol. The summed E-state index contributed by atoms with van der Waals surface area (Å²) in [7, 11) is 0. The molecule has 0 spiro atoms. The molecule has 1 saturated heterocycles. The normalized spacial score (nSPS) is 17.6. The lowest BCUT2D eigenvalue weighted by molar-refractivity contribution is -0.135. The minimum Gasteiger partial charge on any atom is -0.481 e. The summed E-state index contributed by atoms with van der Waals surface area (Å²) < 4.78 is 33.7. The van der Waals surface area contributed by atoms with Crippen molar-refractivity contribution in [2.45, 2.75) is 32.7 Å². The molecule has 0 bridgehead atoms. The number of hydrogen-bond acceptors (Lipinski definition) is 3. The van der Waals surface area contributed by atoms with Gasteiger partial charge in [0.25, 0.3) is 5.91 Å². The molecular formula is C18H21F2N3O2. The maximum Gasteiger partial charge on any atom is 0.260 e. The first-order chi connectivity index (χ1) is 11.9. The number of hydrogen-bond donors (Lipinski definition) is 0. The second-order valence-corrected chi connectivity index (χ2v) is 6.37. The molecule has 0 aliphatic carbocycles. The van der Waals surface area contributed by atoms with Gasteiger partial charge in [-0.2, -0.15) is 5.10 Å². The smallest absolute Gasteiger partial charge is 0.260 e. The van der Waals surface area contributed by atoms with Gasteiger partial charge in [0.1, 0.15) is 5.82 Å². The Kier molecular flexibility index (Phi) is 5.01. The monoisotopic (exact) mass is 349 g/mol. The van der Waals surface area contributed by atoms with Crippen LogP contribution in [0.15, 0.2) is 24.3 Å². The molecule has 1 aromatic heterocycles. The van der Waals surface area contributed by atoms with Gasteiger partial charge in [-0.25, -0.2) is 8.78 Å². The second-order valence-electron chi connectivity index (χ2n) is 6.37. The molecule has 1 fully saturated rings. The molecule has 1 aromatic carbocycles. The maximum absolute atomic E-state index is 13.6. The highest BCUT2D eigenvalue weighted by atomic mass is 19.1. The van der Waals surface area contributed by atoms with Crippen molar-refractivity contribution in [1.82, 2.24) is 14.7 Å². The van der Waals surface area contributed by atoms with Gasteiger partial charge < -0.3 is 9.64 Å². The van der Waals surface area contributed by atoms with Gasteiger partial charge in [0.2, 0.25) is 0 Å². The van der Waals surface area contributed by atoms with Gasteiger partial charge in [0.05, 0.1) is 11.7 Å². The fourth-order valence-corrected chi connectivity index (χ4v) is 3.22. The van der Waals surface area contributed by atoms with Crippen LogP contribution in [0, 0.1) is 25.5 Å². The quantitative estimate of drug-likeness (QED) is 0.852. The van der Waals surface area contributed by atoms with Crippen molar-refractivity contribution in [1.29, 1.82) is 0 Å². The molecule has 134 valence electrons. The van der Waals surface area contributed by atoms with Crippen LogP contribution in [0.4, 0.5) is 8.78 Å². The topological polar surface area (TPSA) is 47.4 Å². The van der Waals surface area contributed by atoms with E-state index in [9.17, 15) is 13.6 Å². The van der Waals surface area contributed by atoms with Crippen molar-refractivity contribution in [3.8, 4) is 5.75 Å². The molecule has 1 aliphatic rings. The Morgan fingerprint density at radius 2 is 2.12 bits per heavy atom. The lowest BCUT2D eigenvalue weighted by atomic mass is 10.1. The SMILES string of the molecule is Cc1cc(C)n(C2CCCN(C(=O)COc3ccc(F)cc3F)C2)n1. The molecule has 25 heavy (non-hydrogen) atoms. The van der Waals surface area contributed by atoms with Gasteiger partial charge >= 0.3 is 0 Å². The summed E-state index contributed by atoms with van der Waals surface area (Å²) in [5.41, 5.74) is 2.03. The summed E-state index contributed by atoms with van der Waals surface area (Å²) in [5.74, 6) is -1.83. The molecule has 0 saturated carbocycles. The minimum atomic E-state index is -0.813. The number of benzene rings is 1. The Labute approximate surface area is 145 Å². The van der Waals surface area contributed by atoms with Gasteiger partial charge in [0.15, 0.2) is 18.2 Å². The van der Waals surface area contributed by atoms with E-state index in [-0.39, 0.29) is 24.3 Å². The van der Waals surface area contributed by atoms with Crippen LogP contribution in [0.5, 0.6) is 5.75 Å². The van der Waals surface area contributed by atoms with Crippen molar-refractivity contribution in [2.75, 3.05) is 19.7 Å². The number of aryl methyl sites for hydroxylation is 2. The van der Waals surface area contributed by atoms with Crippen LogP contribution in [-0.4, -0.2) is 40.3 Å². The molecule has 3 rings (SSSR count). The lowest BCUT2D eigenvalue weighted by Crippen LogP contribution is -2.43. The number of carbonyl (C=O) groups excluding carboxylic acids is 1. The largest absolute Gasteiger partial charge is 0.481 e. The van der Waals surface area contributed by atoms with E-state index < -0.39 is 11.6 Å². The lowest BCUT2D eigenvalue weighted by Gasteiger charge is -2.33. The number of aromatic nitrogens is 2. The summed E-state index contributed by atoms with van der Waals surface area (Å²) in [6.45, 7) is 4.87. The fourth-order valence-electron chi connectivity index (χ4n) is 3.22. The number of piperidine rings is 1. The molecule has 2 aromatic rings.